The summed E-state index contributed by atoms with van der Waals surface area (Å²) in [5.74, 6) is 0.153. The fourth-order valence-electron chi connectivity index (χ4n) is 2.54. The van der Waals surface area contributed by atoms with Crippen molar-refractivity contribution in [1.82, 2.24) is 14.9 Å². The Kier molecular flexibility index (Phi) is 1.64. The van der Waals surface area contributed by atoms with Crippen molar-refractivity contribution >= 4 is 5.91 Å². The average Bonchev–Trinajstić information content (AvgIpc) is 2.17. The number of rotatable bonds is 1. The Morgan fingerprint density at radius 3 is 2.88 bits per heavy atom. The van der Waals surface area contributed by atoms with Gasteiger partial charge in [0.15, 0.2) is 0 Å². The Hall–Kier alpha value is -1.91. The highest BCUT2D eigenvalue weighted by Gasteiger charge is 2.57. The Balaban J connectivity index is 2.09. The van der Waals surface area contributed by atoms with Crippen molar-refractivity contribution in [2.24, 2.45) is 5.92 Å². The minimum atomic E-state index is -0.725. The number of allylic oxidation sites excluding steroid dienone is 1. The first kappa shape index (κ1) is 9.33. The Labute approximate surface area is 91.8 Å². The van der Waals surface area contributed by atoms with E-state index in [0.717, 1.165) is 5.70 Å². The lowest BCUT2D eigenvalue weighted by Gasteiger charge is -2.52. The molecule has 0 atom stereocenters. The highest BCUT2D eigenvalue weighted by Crippen LogP contribution is 2.49. The summed E-state index contributed by atoms with van der Waals surface area (Å²) in [6.45, 7) is 3.80. The van der Waals surface area contributed by atoms with Crippen molar-refractivity contribution in [3.05, 3.63) is 41.2 Å². The lowest BCUT2D eigenvalue weighted by molar-refractivity contribution is -0.141. The van der Waals surface area contributed by atoms with Gasteiger partial charge in [0.25, 0.3) is 5.91 Å². The van der Waals surface area contributed by atoms with Gasteiger partial charge in [0.1, 0.15) is 5.54 Å². The molecule has 0 radical (unpaired) electrons. The average molecular weight is 217 g/mol. The molecule has 3 aliphatic rings. The number of nitrogens with one attached hydrogen (secondary N) is 1. The van der Waals surface area contributed by atoms with Gasteiger partial charge in [-0.25, -0.2) is 9.78 Å². The Morgan fingerprint density at radius 2 is 2.25 bits per heavy atom. The van der Waals surface area contributed by atoms with Crippen LogP contribution in [0.4, 0.5) is 0 Å². The van der Waals surface area contributed by atoms with Crippen molar-refractivity contribution < 1.29 is 4.79 Å². The molecule has 1 amide bonds. The molecule has 1 aromatic heterocycles. The van der Waals surface area contributed by atoms with Crippen LogP contribution in [-0.2, 0) is 10.3 Å². The third-order valence-electron chi connectivity index (χ3n) is 3.53. The summed E-state index contributed by atoms with van der Waals surface area (Å²) < 4.78 is 1.44. The first-order valence-electron chi connectivity index (χ1n) is 5.18. The molecule has 5 nitrogen and oxygen atoms in total. The van der Waals surface area contributed by atoms with E-state index in [1.54, 1.807) is 12.3 Å². The summed E-state index contributed by atoms with van der Waals surface area (Å²) in [6, 6.07) is 1.67. The summed E-state index contributed by atoms with van der Waals surface area (Å²) in [4.78, 5) is 27.3. The minimum Gasteiger partial charge on any atom is -0.328 e. The molecule has 3 fully saturated rings. The number of piperidine rings is 2. The quantitative estimate of drug-likeness (QED) is 0.719. The molecule has 2 saturated heterocycles. The number of carbonyl (C=O) groups is 1. The number of hydrogen-bond donors (Lipinski definition) is 1. The summed E-state index contributed by atoms with van der Waals surface area (Å²) in [5, 5.41) is 2.72. The second kappa shape index (κ2) is 2.81. The molecular formula is C11H11N3O2. The molecule has 82 valence electrons. The Bertz CT molecular complexity index is 540. The molecule has 1 saturated carbocycles. The molecule has 0 spiro atoms. The van der Waals surface area contributed by atoms with Crippen LogP contribution < -0.4 is 11.0 Å². The van der Waals surface area contributed by atoms with Crippen LogP contribution in [0.3, 0.4) is 0 Å². The normalized spacial score (nSPS) is 31.9. The van der Waals surface area contributed by atoms with Gasteiger partial charge in [-0.1, -0.05) is 6.58 Å². The zero-order valence-electron chi connectivity index (χ0n) is 8.64. The third-order valence-corrected chi connectivity index (χ3v) is 3.53. The molecular weight excluding hydrogens is 206 g/mol. The van der Waals surface area contributed by atoms with Crippen molar-refractivity contribution in [2.75, 3.05) is 0 Å². The second-order valence-corrected chi connectivity index (χ2v) is 4.39. The van der Waals surface area contributed by atoms with Crippen LogP contribution >= 0.6 is 0 Å². The smallest absolute Gasteiger partial charge is 0.328 e. The molecule has 0 aromatic carbocycles. The number of hydrogen-bond acceptors (Lipinski definition) is 3. The summed E-state index contributed by atoms with van der Waals surface area (Å²) in [5.41, 5.74) is -0.329. The largest absolute Gasteiger partial charge is 0.348 e. The van der Waals surface area contributed by atoms with Crippen LogP contribution in [-0.4, -0.2) is 15.5 Å². The van der Waals surface area contributed by atoms with Gasteiger partial charge >= 0.3 is 5.69 Å². The fraction of sp³-hybridized carbons (Fsp3) is 0.364. The van der Waals surface area contributed by atoms with Gasteiger partial charge in [0.2, 0.25) is 0 Å². The van der Waals surface area contributed by atoms with Crippen LogP contribution in [0.25, 0.3) is 0 Å². The van der Waals surface area contributed by atoms with Crippen molar-refractivity contribution in [3.8, 4) is 0 Å². The lowest BCUT2D eigenvalue weighted by atomic mass is 9.63. The number of fused-ring (bicyclic) bond motifs is 2. The van der Waals surface area contributed by atoms with Crippen LogP contribution in [0, 0.1) is 5.92 Å². The first-order chi connectivity index (χ1) is 7.63. The van der Waals surface area contributed by atoms with E-state index in [1.165, 1.54) is 10.8 Å². The fourth-order valence-corrected chi connectivity index (χ4v) is 2.54. The van der Waals surface area contributed by atoms with E-state index in [4.69, 9.17) is 0 Å². The van der Waals surface area contributed by atoms with Gasteiger partial charge < -0.3 is 5.32 Å². The van der Waals surface area contributed by atoms with Gasteiger partial charge in [0.05, 0.1) is 0 Å². The van der Waals surface area contributed by atoms with Crippen LogP contribution in [0.15, 0.2) is 35.5 Å². The maximum absolute atomic E-state index is 12.0. The van der Waals surface area contributed by atoms with E-state index >= 15 is 0 Å². The number of nitrogens with zero attached hydrogens (tertiary/aromatic N) is 2. The lowest BCUT2D eigenvalue weighted by Crippen LogP contribution is -2.65. The third kappa shape index (κ3) is 0.973. The topological polar surface area (TPSA) is 64.0 Å². The SMILES string of the molecule is C=C1NC(=O)C2(n3cccnc3=O)CC1C2. The molecule has 16 heavy (non-hydrogen) atoms. The standard InChI is InChI=1S/C11H11N3O2/c1-7-8-5-11(6-8,9(15)13-7)14-4-2-3-12-10(14)16/h2-4,8H,1,5-6H2,(H,13,15). The predicted molar refractivity (Wildman–Crippen MR) is 56.5 cm³/mol. The molecule has 1 aromatic rings. The number of amides is 1. The number of carbonyl (C=O) groups excluding carboxylic acids is 1. The van der Waals surface area contributed by atoms with Gasteiger partial charge in [0, 0.05) is 24.0 Å². The highest BCUT2D eigenvalue weighted by atomic mass is 16.2. The van der Waals surface area contributed by atoms with Gasteiger partial charge in [-0.15, -0.1) is 0 Å². The van der Waals surface area contributed by atoms with Crippen molar-refractivity contribution in [1.29, 1.82) is 0 Å². The van der Waals surface area contributed by atoms with E-state index in [1.807, 2.05) is 0 Å². The second-order valence-electron chi connectivity index (χ2n) is 4.39. The summed E-state index contributed by atoms with van der Waals surface area (Å²) in [6.07, 6.45) is 4.37. The molecule has 2 aliphatic heterocycles. The van der Waals surface area contributed by atoms with Crippen LogP contribution in [0.5, 0.6) is 0 Å². The van der Waals surface area contributed by atoms with Crippen LogP contribution in [0.1, 0.15) is 12.8 Å². The van der Waals surface area contributed by atoms with Crippen molar-refractivity contribution in [2.45, 2.75) is 18.4 Å². The molecule has 2 bridgehead atoms. The molecule has 1 N–H and O–H groups in total. The maximum atomic E-state index is 12.0. The zero-order valence-corrected chi connectivity index (χ0v) is 8.64. The highest BCUT2D eigenvalue weighted by molar-refractivity contribution is 5.89. The molecule has 3 heterocycles. The number of aromatic nitrogens is 2. The predicted octanol–water partition coefficient (Wildman–Crippen LogP) is -0.00790. The monoisotopic (exact) mass is 217 g/mol. The van der Waals surface area contributed by atoms with E-state index in [2.05, 4.69) is 16.9 Å². The molecule has 4 rings (SSSR count). The summed E-state index contributed by atoms with van der Waals surface area (Å²) >= 11 is 0. The molecule has 5 heteroatoms. The van der Waals surface area contributed by atoms with E-state index < -0.39 is 5.54 Å². The first-order valence-corrected chi connectivity index (χ1v) is 5.18. The summed E-state index contributed by atoms with van der Waals surface area (Å²) in [7, 11) is 0. The minimum absolute atomic E-state index is 0.143. The molecule has 0 unspecified atom stereocenters. The van der Waals surface area contributed by atoms with Crippen LogP contribution in [0.2, 0.25) is 0 Å². The van der Waals surface area contributed by atoms with Crippen molar-refractivity contribution in [3.63, 3.8) is 0 Å². The van der Waals surface area contributed by atoms with Gasteiger partial charge in [-0.2, -0.15) is 0 Å². The van der Waals surface area contributed by atoms with Gasteiger partial charge in [-0.3, -0.25) is 9.36 Å². The van der Waals surface area contributed by atoms with E-state index in [-0.39, 0.29) is 11.6 Å². The van der Waals surface area contributed by atoms with E-state index in [0.29, 0.717) is 18.8 Å². The zero-order chi connectivity index (χ0) is 11.3. The Morgan fingerprint density at radius 1 is 1.50 bits per heavy atom. The maximum Gasteiger partial charge on any atom is 0.348 e. The molecule has 1 aliphatic carbocycles. The van der Waals surface area contributed by atoms with E-state index in [9.17, 15) is 9.59 Å². The van der Waals surface area contributed by atoms with Gasteiger partial charge in [-0.05, 0) is 18.9 Å².